The van der Waals surface area contributed by atoms with Crippen molar-refractivity contribution in [1.82, 2.24) is 10.6 Å². The first-order chi connectivity index (χ1) is 15.9. The third kappa shape index (κ3) is 9.30. The largest absolute Gasteiger partial charge is 0.445 e. The van der Waals surface area contributed by atoms with Crippen LogP contribution in [0.5, 0.6) is 0 Å². The lowest BCUT2D eigenvalue weighted by atomic mass is 10.0. The highest BCUT2D eigenvalue weighted by Crippen LogP contribution is 2.13. The average Bonchev–Trinajstić information content (AvgIpc) is 2.82. The summed E-state index contributed by atoms with van der Waals surface area (Å²) in [4.78, 5) is 36.6. The van der Waals surface area contributed by atoms with E-state index in [4.69, 9.17) is 16.2 Å². The summed E-state index contributed by atoms with van der Waals surface area (Å²) in [5.41, 5.74) is 12.9. The van der Waals surface area contributed by atoms with Gasteiger partial charge in [0.1, 0.15) is 12.6 Å². The van der Waals surface area contributed by atoms with Gasteiger partial charge in [0.05, 0.1) is 6.04 Å². The number of hydrogen-bond acceptors (Lipinski definition) is 6. The second kappa shape index (κ2) is 13.9. The maximum absolute atomic E-state index is 12.9. The van der Waals surface area contributed by atoms with Gasteiger partial charge in [-0.15, -0.1) is 0 Å². The number of anilines is 1. The molecule has 0 bridgehead atoms. The number of hydrogen-bond donors (Lipinski definition) is 5. The van der Waals surface area contributed by atoms with Crippen LogP contribution in [0.1, 0.15) is 30.4 Å². The summed E-state index contributed by atoms with van der Waals surface area (Å²) in [7, 11) is 1.72. The van der Waals surface area contributed by atoms with Gasteiger partial charge in [-0.3, -0.25) is 9.59 Å². The number of nitrogens with two attached hydrogens (primary N) is 2. The summed E-state index contributed by atoms with van der Waals surface area (Å²) in [6, 6.07) is 15.4. The number of amides is 3. The minimum Gasteiger partial charge on any atom is -0.445 e. The Hall–Kier alpha value is -3.43. The lowest BCUT2D eigenvalue weighted by Crippen LogP contribution is -2.51. The summed E-state index contributed by atoms with van der Waals surface area (Å²) >= 11 is 0. The van der Waals surface area contributed by atoms with Crippen molar-refractivity contribution in [3.05, 3.63) is 65.7 Å². The molecule has 7 N–H and O–H groups in total. The quantitative estimate of drug-likeness (QED) is 0.290. The van der Waals surface area contributed by atoms with E-state index in [1.807, 2.05) is 30.3 Å². The van der Waals surface area contributed by atoms with E-state index >= 15 is 0 Å². The molecule has 33 heavy (non-hydrogen) atoms. The number of carbonyl (C=O) groups is 3. The zero-order valence-electron chi connectivity index (χ0n) is 18.9. The smallest absolute Gasteiger partial charge is 0.404 e. The molecule has 0 aromatic heterocycles. The molecule has 9 heteroatoms. The molecule has 0 aliphatic rings. The standard InChI is InChI=1S/C24H33N5O4/c1-27-21(15-17-7-3-2-4-8-17)23(31)29-20(9-5-6-14-25)22(30)28-19-12-10-18(11-13-19)16-33-24(26)32/h2-4,7-8,10-13,20-21,27H,5-6,9,14-16,25H2,1H3,(H2,26,32)(H,28,30)(H,29,31)/t20-,21-/m0/s1. The highest BCUT2D eigenvalue weighted by Gasteiger charge is 2.25. The molecule has 2 aromatic carbocycles. The number of carbonyl (C=O) groups excluding carboxylic acids is 3. The van der Waals surface area contributed by atoms with Crippen molar-refractivity contribution in [2.75, 3.05) is 18.9 Å². The second-order valence-corrected chi connectivity index (χ2v) is 7.67. The van der Waals surface area contributed by atoms with Crippen molar-refractivity contribution >= 4 is 23.6 Å². The van der Waals surface area contributed by atoms with Crippen molar-refractivity contribution in [3.8, 4) is 0 Å². The van der Waals surface area contributed by atoms with Gasteiger partial charge in [-0.2, -0.15) is 0 Å². The van der Waals surface area contributed by atoms with Gasteiger partial charge in [-0.25, -0.2) is 4.79 Å². The SMILES string of the molecule is CN[C@@H](Cc1ccccc1)C(=O)N[C@@H](CCCCN)C(=O)Nc1ccc(COC(N)=O)cc1. The average molecular weight is 456 g/mol. The Morgan fingerprint density at radius 3 is 2.21 bits per heavy atom. The van der Waals surface area contributed by atoms with Crippen LogP contribution in [0.2, 0.25) is 0 Å². The first kappa shape index (κ1) is 25.8. The van der Waals surface area contributed by atoms with Gasteiger partial charge in [0.25, 0.3) is 0 Å². The molecule has 2 atom stereocenters. The Morgan fingerprint density at radius 1 is 0.909 bits per heavy atom. The molecule has 2 rings (SSSR count). The lowest BCUT2D eigenvalue weighted by Gasteiger charge is -2.22. The van der Waals surface area contributed by atoms with Gasteiger partial charge < -0.3 is 32.2 Å². The van der Waals surface area contributed by atoms with E-state index in [0.29, 0.717) is 31.5 Å². The van der Waals surface area contributed by atoms with E-state index < -0.39 is 18.2 Å². The molecule has 3 amide bonds. The maximum atomic E-state index is 12.9. The monoisotopic (exact) mass is 455 g/mol. The Labute approximate surface area is 194 Å². The van der Waals surface area contributed by atoms with Crippen LogP contribution in [0.15, 0.2) is 54.6 Å². The molecule has 178 valence electrons. The molecule has 9 nitrogen and oxygen atoms in total. The van der Waals surface area contributed by atoms with E-state index in [1.54, 1.807) is 31.3 Å². The minimum absolute atomic E-state index is 0.0498. The van der Waals surface area contributed by atoms with E-state index in [0.717, 1.165) is 17.5 Å². The van der Waals surface area contributed by atoms with Crippen LogP contribution < -0.4 is 27.4 Å². The third-order valence-electron chi connectivity index (χ3n) is 5.13. The van der Waals surface area contributed by atoms with Crippen molar-refractivity contribution in [1.29, 1.82) is 0 Å². The number of ether oxygens (including phenoxy) is 1. The molecule has 0 aliphatic heterocycles. The predicted octanol–water partition coefficient (Wildman–Crippen LogP) is 1.66. The molecule has 0 aliphatic carbocycles. The second-order valence-electron chi connectivity index (χ2n) is 7.67. The van der Waals surface area contributed by atoms with Gasteiger partial charge in [-0.1, -0.05) is 42.5 Å². The number of rotatable bonds is 13. The molecule has 0 radical (unpaired) electrons. The zero-order valence-corrected chi connectivity index (χ0v) is 18.9. The van der Waals surface area contributed by atoms with E-state index in [1.165, 1.54) is 0 Å². The van der Waals surface area contributed by atoms with Crippen molar-refractivity contribution in [2.24, 2.45) is 11.5 Å². The zero-order chi connectivity index (χ0) is 24.1. The van der Waals surface area contributed by atoms with Gasteiger partial charge in [0.15, 0.2) is 0 Å². The number of benzene rings is 2. The van der Waals surface area contributed by atoms with E-state index in [2.05, 4.69) is 16.0 Å². The fourth-order valence-corrected chi connectivity index (χ4v) is 3.28. The highest BCUT2D eigenvalue weighted by molar-refractivity contribution is 5.97. The summed E-state index contributed by atoms with van der Waals surface area (Å²) in [5, 5.41) is 8.75. The van der Waals surface area contributed by atoms with Crippen LogP contribution in [0.4, 0.5) is 10.5 Å². The van der Waals surface area contributed by atoms with Crippen LogP contribution in [0, 0.1) is 0 Å². The Bertz CT molecular complexity index is 889. The third-order valence-corrected chi connectivity index (χ3v) is 5.13. The molecule has 0 fully saturated rings. The number of likely N-dealkylation sites (N-methyl/N-ethyl adjacent to an activating group) is 1. The molecular formula is C24H33N5O4. The molecule has 0 spiro atoms. The molecule has 0 saturated heterocycles. The fraction of sp³-hybridized carbons (Fsp3) is 0.375. The maximum Gasteiger partial charge on any atom is 0.404 e. The van der Waals surface area contributed by atoms with Gasteiger partial charge in [0, 0.05) is 5.69 Å². The summed E-state index contributed by atoms with van der Waals surface area (Å²) in [5.74, 6) is -0.552. The van der Waals surface area contributed by atoms with Crippen molar-refractivity contribution in [3.63, 3.8) is 0 Å². The van der Waals surface area contributed by atoms with Crippen LogP contribution in [-0.2, 0) is 27.4 Å². The highest BCUT2D eigenvalue weighted by atomic mass is 16.5. The van der Waals surface area contributed by atoms with E-state index in [9.17, 15) is 14.4 Å². The lowest BCUT2D eigenvalue weighted by molar-refractivity contribution is -0.128. The van der Waals surface area contributed by atoms with Crippen LogP contribution >= 0.6 is 0 Å². The van der Waals surface area contributed by atoms with Crippen molar-refractivity contribution in [2.45, 2.75) is 44.4 Å². The molecule has 0 unspecified atom stereocenters. The molecule has 0 heterocycles. The molecule has 2 aromatic rings. The van der Waals surface area contributed by atoms with Gasteiger partial charge in [0.2, 0.25) is 11.8 Å². The van der Waals surface area contributed by atoms with E-state index in [-0.39, 0.29) is 18.4 Å². The first-order valence-electron chi connectivity index (χ1n) is 11.0. The van der Waals surface area contributed by atoms with Gasteiger partial charge in [-0.05, 0) is 62.5 Å². The van der Waals surface area contributed by atoms with Crippen LogP contribution in [-0.4, -0.2) is 43.6 Å². The van der Waals surface area contributed by atoms with Gasteiger partial charge >= 0.3 is 6.09 Å². The van der Waals surface area contributed by atoms with Crippen LogP contribution in [0.25, 0.3) is 0 Å². The normalized spacial score (nSPS) is 12.4. The number of unbranched alkanes of at least 4 members (excludes halogenated alkanes) is 1. The Balaban J connectivity index is 2.01. The summed E-state index contributed by atoms with van der Waals surface area (Å²) in [6.07, 6.45) is 1.60. The molecular weight excluding hydrogens is 422 g/mol. The number of primary amides is 1. The fourth-order valence-electron chi connectivity index (χ4n) is 3.28. The predicted molar refractivity (Wildman–Crippen MR) is 127 cm³/mol. The van der Waals surface area contributed by atoms with Crippen LogP contribution in [0.3, 0.4) is 0 Å². The first-order valence-corrected chi connectivity index (χ1v) is 11.0. The molecule has 0 saturated carbocycles. The summed E-state index contributed by atoms with van der Waals surface area (Å²) < 4.78 is 4.75. The topological polar surface area (TPSA) is 149 Å². The van der Waals surface area contributed by atoms with Crippen molar-refractivity contribution < 1.29 is 19.1 Å². The number of nitrogens with one attached hydrogen (secondary N) is 3. The Kier molecular flexibility index (Phi) is 10.9. The minimum atomic E-state index is -0.851. The summed E-state index contributed by atoms with van der Waals surface area (Å²) in [6.45, 7) is 0.568. The Morgan fingerprint density at radius 2 is 1.61 bits per heavy atom.